The second kappa shape index (κ2) is 5.44. The minimum Gasteiger partial charge on any atom is -0.435 e. The lowest BCUT2D eigenvalue weighted by Crippen LogP contribution is -2.02. The van der Waals surface area contributed by atoms with E-state index in [4.69, 9.17) is 0 Å². The SMILES string of the molecule is Cn1cc(CNc2ccc(OC(F)F)cc2)nn1. The van der Waals surface area contributed by atoms with Gasteiger partial charge in [0.1, 0.15) is 11.4 Å². The predicted molar refractivity (Wildman–Crippen MR) is 61.4 cm³/mol. The first-order chi connectivity index (χ1) is 8.63. The zero-order valence-corrected chi connectivity index (χ0v) is 9.68. The molecule has 7 heteroatoms. The van der Waals surface area contributed by atoms with Crippen molar-refractivity contribution in [1.29, 1.82) is 0 Å². The third kappa shape index (κ3) is 3.41. The summed E-state index contributed by atoms with van der Waals surface area (Å²) in [4.78, 5) is 0. The van der Waals surface area contributed by atoms with E-state index in [1.807, 2.05) is 0 Å². The van der Waals surface area contributed by atoms with E-state index in [2.05, 4.69) is 20.4 Å². The van der Waals surface area contributed by atoms with Gasteiger partial charge in [0.25, 0.3) is 0 Å². The van der Waals surface area contributed by atoms with E-state index in [0.29, 0.717) is 6.54 Å². The Morgan fingerprint density at radius 2 is 2.06 bits per heavy atom. The van der Waals surface area contributed by atoms with Crippen LogP contribution in [0, 0.1) is 0 Å². The number of hydrogen-bond acceptors (Lipinski definition) is 4. The van der Waals surface area contributed by atoms with Crippen LogP contribution < -0.4 is 10.1 Å². The summed E-state index contributed by atoms with van der Waals surface area (Å²) in [6.45, 7) is -2.29. The van der Waals surface area contributed by atoms with Gasteiger partial charge in [-0.2, -0.15) is 8.78 Å². The largest absolute Gasteiger partial charge is 0.435 e. The molecule has 0 saturated carbocycles. The third-order valence-electron chi connectivity index (χ3n) is 2.20. The second-order valence-electron chi connectivity index (χ2n) is 3.64. The average molecular weight is 254 g/mol. The van der Waals surface area contributed by atoms with Gasteiger partial charge in [0.05, 0.1) is 6.54 Å². The van der Waals surface area contributed by atoms with Crippen LogP contribution in [0.25, 0.3) is 0 Å². The number of hydrogen-bond donors (Lipinski definition) is 1. The van der Waals surface area contributed by atoms with Crippen LogP contribution in [0.3, 0.4) is 0 Å². The maximum absolute atomic E-state index is 11.9. The first-order valence-electron chi connectivity index (χ1n) is 5.27. The van der Waals surface area contributed by atoms with Gasteiger partial charge in [0.2, 0.25) is 0 Å². The molecule has 5 nitrogen and oxygen atoms in total. The van der Waals surface area contributed by atoms with Crippen LogP contribution in [0.15, 0.2) is 30.5 Å². The van der Waals surface area contributed by atoms with Crippen molar-refractivity contribution in [3.63, 3.8) is 0 Å². The number of aromatic nitrogens is 3. The van der Waals surface area contributed by atoms with Crippen molar-refractivity contribution < 1.29 is 13.5 Å². The molecule has 96 valence electrons. The quantitative estimate of drug-likeness (QED) is 0.887. The summed E-state index contributed by atoms with van der Waals surface area (Å²) in [6, 6.07) is 6.28. The molecule has 1 aromatic carbocycles. The van der Waals surface area contributed by atoms with Gasteiger partial charge >= 0.3 is 6.61 Å². The molecule has 0 bridgehead atoms. The van der Waals surface area contributed by atoms with E-state index in [-0.39, 0.29) is 5.75 Å². The zero-order chi connectivity index (χ0) is 13.0. The molecule has 0 spiro atoms. The van der Waals surface area contributed by atoms with Crippen molar-refractivity contribution in [2.75, 3.05) is 5.32 Å². The standard InChI is InChI=1S/C11H12F2N4O/c1-17-7-9(15-16-17)6-14-8-2-4-10(5-3-8)18-11(12)13/h2-5,7,11,14H,6H2,1H3. The molecule has 0 saturated heterocycles. The first kappa shape index (κ1) is 12.3. The molecule has 18 heavy (non-hydrogen) atoms. The Balaban J connectivity index is 1.90. The smallest absolute Gasteiger partial charge is 0.387 e. The van der Waals surface area contributed by atoms with Crippen LogP contribution in [0.5, 0.6) is 5.75 Å². The molecule has 1 N–H and O–H groups in total. The number of benzene rings is 1. The van der Waals surface area contributed by atoms with Crippen molar-refractivity contribution in [2.24, 2.45) is 7.05 Å². The normalized spacial score (nSPS) is 10.7. The third-order valence-corrected chi connectivity index (χ3v) is 2.20. The molecule has 1 heterocycles. The summed E-state index contributed by atoms with van der Waals surface area (Å²) in [5.74, 6) is 0.134. The van der Waals surface area contributed by atoms with Gasteiger partial charge in [0, 0.05) is 18.9 Å². The number of halogens is 2. The molecule has 2 aromatic rings. The van der Waals surface area contributed by atoms with Crippen LogP contribution in [0.1, 0.15) is 5.69 Å². The number of nitrogens with one attached hydrogen (secondary N) is 1. The number of alkyl halides is 2. The lowest BCUT2D eigenvalue weighted by atomic mass is 10.3. The van der Waals surface area contributed by atoms with Gasteiger partial charge < -0.3 is 10.1 Å². The highest BCUT2D eigenvalue weighted by atomic mass is 19.3. The lowest BCUT2D eigenvalue weighted by Gasteiger charge is -2.06. The minimum atomic E-state index is -2.80. The molecule has 0 aliphatic rings. The van der Waals surface area contributed by atoms with Crippen molar-refractivity contribution >= 4 is 5.69 Å². The van der Waals surface area contributed by atoms with Gasteiger partial charge in [-0.15, -0.1) is 5.10 Å². The van der Waals surface area contributed by atoms with E-state index in [9.17, 15) is 8.78 Å². The molecular weight excluding hydrogens is 242 g/mol. The molecule has 1 aromatic heterocycles. The van der Waals surface area contributed by atoms with Crippen LogP contribution in [-0.4, -0.2) is 21.6 Å². The van der Waals surface area contributed by atoms with Gasteiger partial charge in [-0.05, 0) is 24.3 Å². The number of anilines is 1. The van der Waals surface area contributed by atoms with Crippen LogP contribution in [0.4, 0.5) is 14.5 Å². The minimum absolute atomic E-state index is 0.134. The van der Waals surface area contributed by atoms with Crippen LogP contribution in [-0.2, 0) is 13.6 Å². The lowest BCUT2D eigenvalue weighted by molar-refractivity contribution is -0.0498. The van der Waals surface area contributed by atoms with Crippen molar-refractivity contribution in [2.45, 2.75) is 13.2 Å². The second-order valence-corrected chi connectivity index (χ2v) is 3.64. The maximum atomic E-state index is 11.9. The molecule has 0 atom stereocenters. The van der Waals surface area contributed by atoms with Gasteiger partial charge in [0.15, 0.2) is 0 Å². The van der Waals surface area contributed by atoms with E-state index < -0.39 is 6.61 Å². The Bertz CT molecular complexity index is 498. The fraction of sp³-hybridized carbons (Fsp3) is 0.273. The highest BCUT2D eigenvalue weighted by Gasteiger charge is 2.03. The van der Waals surface area contributed by atoms with Gasteiger partial charge in [-0.25, -0.2) is 0 Å². The van der Waals surface area contributed by atoms with E-state index in [1.54, 1.807) is 30.1 Å². The van der Waals surface area contributed by atoms with Gasteiger partial charge in [-0.1, -0.05) is 5.21 Å². The average Bonchev–Trinajstić information content (AvgIpc) is 2.74. The van der Waals surface area contributed by atoms with Gasteiger partial charge in [-0.3, -0.25) is 4.68 Å². The van der Waals surface area contributed by atoms with Crippen molar-refractivity contribution in [3.05, 3.63) is 36.2 Å². The monoisotopic (exact) mass is 254 g/mol. The topological polar surface area (TPSA) is 52.0 Å². The molecule has 0 aliphatic carbocycles. The van der Waals surface area contributed by atoms with Crippen molar-refractivity contribution in [3.8, 4) is 5.75 Å². The molecule has 0 fully saturated rings. The molecule has 2 rings (SSSR count). The number of ether oxygens (including phenoxy) is 1. The summed E-state index contributed by atoms with van der Waals surface area (Å²) >= 11 is 0. The Morgan fingerprint density at radius 3 is 2.61 bits per heavy atom. The van der Waals surface area contributed by atoms with E-state index in [1.165, 1.54) is 12.1 Å². The first-order valence-corrected chi connectivity index (χ1v) is 5.27. The zero-order valence-electron chi connectivity index (χ0n) is 9.68. The van der Waals surface area contributed by atoms with Crippen LogP contribution >= 0.6 is 0 Å². The summed E-state index contributed by atoms with van der Waals surface area (Å²) < 4.78 is 29.7. The maximum Gasteiger partial charge on any atom is 0.387 e. The fourth-order valence-electron chi connectivity index (χ4n) is 1.42. The molecular formula is C11H12F2N4O. The summed E-state index contributed by atoms with van der Waals surface area (Å²) in [5.41, 5.74) is 1.59. The highest BCUT2D eigenvalue weighted by molar-refractivity contribution is 5.46. The Kier molecular flexibility index (Phi) is 3.71. The van der Waals surface area contributed by atoms with E-state index >= 15 is 0 Å². The summed E-state index contributed by atoms with van der Waals surface area (Å²) in [5, 5.41) is 10.8. The predicted octanol–water partition coefficient (Wildman–Crippen LogP) is 2.03. The molecule has 0 radical (unpaired) electrons. The Morgan fingerprint density at radius 1 is 1.33 bits per heavy atom. The van der Waals surface area contributed by atoms with E-state index in [0.717, 1.165) is 11.4 Å². The Hall–Kier alpha value is -2.18. The summed E-state index contributed by atoms with van der Waals surface area (Å²) in [6.07, 6.45) is 1.79. The number of nitrogens with zero attached hydrogens (tertiary/aromatic N) is 3. The summed E-state index contributed by atoms with van der Waals surface area (Å²) in [7, 11) is 1.78. The number of aryl methyl sites for hydroxylation is 1. The number of rotatable bonds is 5. The molecule has 0 unspecified atom stereocenters. The van der Waals surface area contributed by atoms with Crippen LogP contribution in [0.2, 0.25) is 0 Å². The molecule has 0 amide bonds. The molecule has 0 aliphatic heterocycles. The highest BCUT2D eigenvalue weighted by Crippen LogP contribution is 2.17. The Labute approximate surface area is 102 Å². The van der Waals surface area contributed by atoms with Crippen molar-refractivity contribution in [1.82, 2.24) is 15.0 Å². The fourth-order valence-corrected chi connectivity index (χ4v) is 1.42.